The summed E-state index contributed by atoms with van der Waals surface area (Å²) in [5.74, 6) is -1.34. The maximum Gasteiger partial charge on any atom is 0.429 e. The number of anilines is 1. The summed E-state index contributed by atoms with van der Waals surface area (Å²) in [6.07, 6.45) is -0.920. The Kier molecular flexibility index (Phi) is 8.38. The lowest BCUT2D eigenvalue weighted by molar-refractivity contribution is -0.198. The van der Waals surface area contributed by atoms with E-state index in [1.165, 1.54) is 34.2 Å². The normalized spacial score (nSPS) is 21.0. The molecule has 1 aliphatic heterocycles. The second kappa shape index (κ2) is 11.6. The molecule has 6 rings (SSSR count). The van der Waals surface area contributed by atoms with E-state index in [-0.39, 0.29) is 45.9 Å². The molecule has 4 heterocycles. The van der Waals surface area contributed by atoms with Gasteiger partial charge in [0.2, 0.25) is 17.9 Å². The molecule has 3 aromatic heterocycles. The second-order valence-electron chi connectivity index (χ2n) is 10.8. The number of allylic oxidation sites excluding steroid dienone is 2. The van der Waals surface area contributed by atoms with Crippen molar-refractivity contribution in [3.05, 3.63) is 63.8 Å². The number of nitrogen functional groups attached to an aromatic ring is 1. The first-order valence-electron chi connectivity index (χ1n) is 13.2. The first kappa shape index (κ1) is 31.0. The molecule has 15 heteroatoms. The van der Waals surface area contributed by atoms with E-state index in [2.05, 4.69) is 26.5 Å². The number of nitrogens with zero attached hydrogens (tertiary/aromatic N) is 4. The first-order valence-corrected chi connectivity index (χ1v) is 14.4. The van der Waals surface area contributed by atoms with Crippen molar-refractivity contribution in [1.82, 2.24) is 25.1 Å². The number of carboxylic acids is 1. The Labute approximate surface area is 259 Å². The molecule has 1 fully saturated rings. The number of alkyl halides is 3. The topological polar surface area (TPSA) is 128 Å². The Hall–Kier alpha value is -3.39. The van der Waals surface area contributed by atoms with E-state index < -0.39 is 24.3 Å². The highest BCUT2D eigenvalue weighted by Gasteiger charge is 2.46. The number of hydrogen-bond donors (Lipinski definition) is 3. The van der Waals surface area contributed by atoms with Gasteiger partial charge in [-0.1, -0.05) is 23.7 Å². The molecule has 43 heavy (non-hydrogen) atoms. The molecule has 1 saturated heterocycles. The van der Waals surface area contributed by atoms with Crippen LogP contribution in [0.3, 0.4) is 0 Å². The number of aromatic nitrogens is 4. The van der Waals surface area contributed by atoms with Crippen LogP contribution in [-0.2, 0) is 4.79 Å². The van der Waals surface area contributed by atoms with Crippen molar-refractivity contribution in [2.45, 2.75) is 50.9 Å². The van der Waals surface area contributed by atoms with Gasteiger partial charge in [-0.25, -0.2) is 9.67 Å². The van der Waals surface area contributed by atoms with Gasteiger partial charge in [-0.05, 0) is 61.8 Å². The van der Waals surface area contributed by atoms with Gasteiger partial charge in [0, 0.05) is 34.3 Å². The number of nitrogens with one attached hydrogen (secondary N) is 1. The Morgan fingerprint density at radius 2 is 2.12 bits per heavy atom. The monoisotopic (exact) mass is 654 g/mol. The SMILES string of the molecule is Cc1ccn(-c2cc(Cl)ccc2C(Oc2nc(N)nc3c(C4=CCC5(CC4)CNC(C(=O)O)C5)csc23)C(F)(F)F)n1.Cl. The average Bonchev–Trinajstić information content (AvgIpc) is 3.66. The maximum absolute atomic E-state index is 14.6. The minimum absolute atomic E-state index is 0. The van der Waals surface area contributed by atoms with Gasteiger partial charge < -0.3 is 20.9 Å². The van der Waals surface area contributed by atoms with Crippen molar-refractivity contribution in [3.8, 4) is 11.6 Å². The van der Waals surface area contributed by atoms with Gasteiger partial charge in [0.25, 0.3) is 0 Å². The maximum atomic E-state index is 14.6. The van der Waals surface area contributed by atoms with Gasteiger partial charge in [-0.15, -0.1) is 23.7 Å². The number of carbonyl (C=O) groups is 1. The average molecular weight is 656 g/mol. The van der Waals surface area contributed by atoms with Crippen LogP contribution in [0.4, 0.5) is 19.1 Å². The van der Waals surface area contributed by atoms with Crippen molar-refractivity contribution in [3.63, 3.8) is 0 Å². The van der Waals surface area contributed by atoms with Crippen molar-refractivity contribution < 1.29 is 27.8 Å². The molecule has 0 saturated carbocycles. The van der Waals surface area contributed by atoms with Crippen LogP contribution in [0.15, 0.2) is 41.9 Å². The van der Waals surface area contributed by atoms with Crippen molar-refractivity contribution >= 4 is 63.1 Å². The molecule has 0 amide bonds. The molecule has 0 radical (unpaired) electrons. The zero-order chi connectivity index (χ0) is 29.8. The van der Waals surface area contributed by atoms with Gasteiger partial charge in [-0.2, -0.15) is 23.3 Å². The predicted octanol–water partition coefficient (Wildman–Crippen LogP) is 6.53. The summed E-state index contributed by atoms with van der Waals surface area (Å²) in [7, 11) is 0. The number of fused-ring (bicyclic) bond motifs is 1. The third-order valence-corrected chi connectivity index (χ3v) is 9.08. The summed E-state index contributed by atoms with van der Waals surface area (Å²) in [5.41, 5.74) is 8.56. The lowest BCUT2D eigenvalue weighted by Gasteiger charge is -2.31. The number of aliphatic carboxylic acids is 1. The lowest BCUT2D eigenvalue weighted by Crippen LogP contribution is -2.30. The predicted molar refractivity (Wildman–Crippen MR) is 160 cm³/mol. The smallest absolute Gasteiger partial charge is 0.429 e. The van der Waals surface area contributed by atoms with Crippen LogP contribution >= 0.6 is 35.3 Å². The van der Waals surface area contributed by atoms with Gasteiger partial charge in [0.1, 0.15) is 10.7 Å². The Balaban J connectivity index is 0.00000368. The molecule has 0 bridgehead atoms. The van der Waals surface area contributed by atoms with Crippen LogP contribution < -0.4 is 15.8 Å². The van der Waals surface area contributed by atoms with E-state index in [4.69, 9.17) is 22.1 Å². The van der Waals surface area contributed by atoms with Crippen molar-refractivity contribution in [2.75, 3.05) is 12.3 Å². The number of rotatable bonds is 6. The zero-order valence-corrected chi connectivity index (χ0v) is 25.1. The largest absolute Gasteiger partial charge is 0.480 e. The standard InChI is InChI=1S/C28H26ClF3N6O3S.ClH/c1-14-6-9-38(37-14)20-10-16(29)2-3-17(20)23(28(30,31)32)41-24-22-21(35-26(33)36-24)18(12-42-22)15-4-7-27(8-5-15)11-19(25(39)40)34-13-27;/h2-4,6,9-10,12,19,23,34H,5,7-8,11,13H2,1H3,(H,39,40)(H2,33,35,36);1H. The molecule has 9 nitrogen and oxygen atoms in total. The molecule has 1 aromatic carbocycles. The molecule has 1 aliphatic carbocycles. The Morgan fingerprint density at radius 1 is 1.33 bits per heavy atom. The first-order chi connectivity index (χ1) is 19.9. The summed E-state index contributed by atoms with van der Waals surface area (Å²) in [5, 5.41) is 18.8. The third-order valence-electron chi connectivity index (χ3n) is 7.88. The highest BCUT2D eigenvalue weighted by Crippen LogP contribution is 2.47. The summed E-state index contributed by atoms with van der Waals surface area (Å²) >= 11 is 7.34. The molecule has 4 N–H and O–H groups in total. The van der Waals surface area contributed by atoms with Crippen LogP contribution in [0.25, 0.3) is 21.5 Å². The van der Waals surface area contributed by atoms with E-state index >= 15 is 0 Å². The Morgan fingerprint density at radius 3 is 2.74 bits per heavy atom. The van der Waals surface area contributed by atoms with E-state index in [1.54, 1.807) is 19.2 Å². The highest BCUT2D eigenvalue weighted by molar-refractivity contribution is 7.17. The number of ether oxygens (including phenoxy) is 1. The summed E-state index contributed by atoms with van der Waals surface area (Å²) in [4.78, 5) is 19.9. The van der Waals surface area contributed by atoms with Gasteiger partial charge in [0.05, 0.1) is 16.9 Å². The van der Waals surface area contributed by atoms with Crippen LogP contribution in [-0.4, -0.2) is 49.6 Å². The number of aryl methyl sites for hydroxylation is 1. The molecular formula is C28H27Cl2F3N6O3S. The Bertz CT molecular complexity index is 1730. The van der Waals surface area contributed by atoms with Gasteiger partial charge in [0.15, 0.2) is 0 Å². The number of carboxylic acid groups (broad SMARTS) is 1. The van der Waals surface area contributed by atoms with Crippen molar-refractivity contribution in [2.24, 2.45) is 5.41 Å². The minimum atomic E-state index is -4.82. The molecular weight excluding hydrogens is 628 g/mol. The number of hydrogen-bond acceptors (Lipinski definition) is 8. The summed E-state index contributed by atoms with van der Waals surface area (Å²) in [6.45, 7) is 2.35. The summed E-state index contributed by atoms with van der Waals surface area (Å²) < 4.78 is 51.1. The van der Waals surface area contributed by atoms with E-state index in [1.807, 2.05) is 5.38 Å². The highest BCUT2D eigenvalue weighted by atomic mass is 35.5. The fraction of sp³-hybridized carbons (Fsp3) is 0.357. The van der Waals surface area contributed by atoms with E-state index in [9.17, 15) is 23.1 Å². The number of thiophene rings is 1. The lowest BCUT2D eigenvalue weighted by atomic mass is 9.72. The molecule has 3 atom stereocenters. The molecule has 3 unspecified atom stereocenters. The fourth-order valence-corrected chi connectivity index (χ4v) is 6.87. The molecule has 2 aliphatic rings. The number of halogens is 5. The van der Waals surface area contributed by atoms with Crippen LogP contribution in [0.5, 0.6) is 5.88 Å². The van der Waals surface area contributed by atoms with Gasteiger partial charge >= 0.3 is 12.1 Å². The summed E-state index contributed by atoms with van der Waals surface area (Å²) in [6, 6.07) is 5.15. The second-order valence-corrected chi connectivity index (χ2v) is 12.1. The van der Waals surface area contributed by atoms with Crippen molar-refractivity contribution in [1.29, 1.82) is 0 Å². The molecule has 228 valence electrons. The fourth-order valence-electron chi connectivity index (χ4n) is 5.75. The minimum Gasteiger partial charge on any atom is -0.480 e. The quantitative estimate of drug-likeness (QED) is 0.214. The number of nitrogens with two attached hydrogens (primary N) is 1. The van der Waals surface area contributed by atoms with Crippen LogP contribution in [0, 0.1) is 12.3 Å². The molecule has 4 aromatic rings. The molecule has 1 spiro atoms. The van der Waals surface area contributed by atoms with Crippen LogP contribution in [0.2, 0.25) is 5.02 Å². The number of benzene rings is 1. The van der Waals surface area contributed by atoms with E-state index in [0.29, 0.717) is 41.7 Å². The van der Waals surface area contributed by atoms with E-state index in [0.717, 1.165) is 17.6 Å². The van der Waals surface area contributed by atoms with Gasteiger partial charge in [-0.3, -0.25) is 4.79 Å². The van der Waals surface area contributed by atoms with Crippen LogP contribution in [0.1, 0.15) is 48.6 Å². The third kappa shape index (κ3) is 6.03. The zero-order valence-electron chi connectivity index (χ0n) is 22.7.